The van der Waals surface area contributed by atoms with Crippen molar-refractivity contribution in [3.8, 4) is 0 Å². The number of benzene rings is 1. The Morgan fingerprint density at radius 3 is 2.48 bits per heavy atom. The number of amides is 1. The molecular weight excluding hydrogens is 266 g/mol. The molecule has 1 aromatic rings. The van der Waals surface area contributed by atoms with Crippen molar-refractivity contribution in [1.82, 2.24) is 4.90 Å². The molecule has 0 spiro atoms. The van der Waals surface area contributed by atoms with Crippen LogP contribution in [0.4, 0.5) is 4.79 Å². The largest absolute Gasteiger partial charge is 0.444 e. The number of likely N-dealkylation sites (tertiary alicyclic amines) is 1. The molecule has 1 aliphatic rings. The second kappa shape index (κ2) is 6.48. The highest BCUT2D eigenvalue weighted by Crippen LogP contribution is 2.30. The SMILES string of the molecule is CO[C@@H]1CN(C(=O)OC(C)(C)C)CC[C@H]1c1ccccc1. The van der Waals surface area contributed by atoms with Crippen LogP contribution in [0, 0.1) is 0 Å². The molecule has 0 radical (unpaired) electrons. The second-order valence-electron chi connectivity index (χ2n) is 6.51. The molecule has 1 amide bonds. The van der Waals surface area contributed by atoms with Gasteiger partial charge < -0.3 is 14.4 Å². The number of piperidine rings is 1. The first-order chi connectivity index (χ1) is 9.90. The van der Waals surface area contributed by atoms with Crippen molar-refractivity contribution in [3.63, 3.8) is 0 Å². The molecule has 0 bridgehead atoms. The van der Waals surface area contributed by atoms with Crippen molar-refractivity contribution in [2.75, 3.05) is 20.2 Å². The number of hydrogen-bond acceptors (Lipinski definition) is 3. The molecule has 1 aliphatic heterocycles. The molecule has 4 nitrogen and oxygen atoms in total. The van der Waals surface area contributed by atoms with Crippen LogP contribution < -0.4 is 0 Å². The summed E-state index contributed by atoms with van der Waals surface area (Å²) < 4.78 is 11.1. The Labute approximate surface area is 127 Å². The van der Waals surface area contributed by atoms with E-state index in [1.807, 2.05) is 39.0 Å². The third-order valence-corrected chi connectivity index (χ3v) is 3.74. The maximum Gasteiger partial charge on any atom is 0.410 e. The lowest BCUT2D eigenvalue weighted by Gasteiger charge is -2.38. The Balaban J connectivity index is 2.03. The average molecular weight is 291 g/mol. The van der Waals surface area contributed by atoms with Crippen LogP contribution in [0.5, 0.6) is 0 Å². The topological polar surface area (TPSA) is 38.8 Å². The van der Waals surface area contributed by atoms with Crippen molar-refractivity contribution in [3.05, 3.63) is 35.9 Å². The normalized spacial score (nSPS) is 23.0. The molecule has 0 saturated carbocycles. The average Bonchev–Trinajstić information content (AvgIpc) is 2.45. The smallest absolute Gasteiger partial charge is 0.410 e. The van der Waals surface area contributed by atoms with Crippen molar-refractivity contribution in [2.45, 2.75) is 44.8 Å². The molecule has 21 heavy (non-hydrogen) atoms. The van der Waals surface area contributed by atoms with Gasteiger partial charge in [0.25, 0.3) is 0 Å². The van der Waals surface area contributed by atoms with Crippen LogP contribution in [-0.4, -0.2) is 42.9 Å². The molecular formula is C17H25NO3. The number of nitrogens with zero attached hydrogens (tertiary/aromatic N) is 1. The van der Waals surface area contributed by atoms with Gasteiger partial charge in [-0.3, -0.25) is 0 Å². The molecule has 2 rings (SSSR count). The maximum atomic E-state index is 12.2. The first-order valence-electron chi connectivity index (χ1n) is 7.46. The zero-order valence-electron chi connectivity index (χ0n) is 13.3. The van der Waals surface area contributed by atoms with Crippen LogP contribution in [0.3, 0.4) is 0 Å². The fourth-order valence-electron chi connectivity index (χ4n) is 2.73. The van der Waals surface area contributed by atoms with Crippen LogP contribution in [0.15, 0.2) is 30.3 Å². The van der Waals surface area contributed by atoms with E-state index in [0.29, 0.717) is 19.0 Å². The van der Waals surface area contributed by atoms with Crippen LogP contribution in [0.2, 0.25) is 0 Å². The van der Waals surface area contributed by atoms with Crippen molar-refractivity contribution in [1.29, 1.82) is 0 Å². The quantitative estimate of drug-likeness (QED) is 0.838. The molecule has 0 unspecified atom stereocenters. The van der Waals surface area contributed by atoms with Gasteiger partial charge in [-0.15, -0.1) is 0 Å². The minimum atomic E-state index is -0.462. The van der Waals surface area contributed by atoms with E-state index in [4.69, 9.17) is 9.47 Å². The number of methoxy groups -OCH3 is 1. The van der Waals surface area contributed by atoms with E-state index < -0.39 is 5.60 Å². The predicted molar refractivity (Wildman–Crippen MR) is 82.4 cm³/mol. The van der Waals surface area contributed by atoms with E-state index in [1.54, 1.807) is 12.0 Å². The summed E-state index contributed by atoms with van der Waals surface area (Å²) in [6, 6.07) is 10.4. The molecule has 1 fully saturated rings. The fourth-order valence-corrected chi connectivity index (χ4v) is 2.73. The van der Waals surface area contributed by atoms with Crippen LogP contribution in [0.1, 0.15) is 38.7 Å². The maximum absolute atomic E-state index is 12.2. The van der Waals surface area contributed by atoms with Crippen LogP contribution in [-0.2, 0) is 9.47 Å². The highest BCUT2D eigenvalue weighted by molar-refractivity contribution is 5.68. The Morgan fingerprint density at radius 1 is 1.24 bits per heavy atom. The minimum Gasteiger partial charge on any atom is -0.444 e. The van der Waals surface area contributed by atoms with Crippen molar-refractivity contribution in [2.24, 2.45) is 0 Å². The molecule has 1 saturated heterocycles. The third-order valence-electron chi connectivity index (χ3n) is 3.74. The van der Waals surface area contributed by atoms with Gasteiger partial charge in [-0.2, -0.15) is 0 Å². The first-order valence-corrected chi connectivity index (χ1v) is 7.46. The molecule has 0 aromatic heterocycles. The van der Waals surface area contributed by atoms with Gasteiger partial charge in [0.2, 0.25) is 0 Å². The van der Waals surface area contributed by atoms with Gasteiger partial charge in [0.15, 0.2) is 0 Å². The fraction of sp³-hybridized carbons (Fsp3) is 0.588. The van der Waals surface area contributed by atoms with Gasteiger partial charge >= 0.3 is 6.09 Å². The van der Waals surface area contributed by atoms with Crippen LogP contribution >= 0.6 is 0 Å². The van der Waals surface area contributed by atoms with Crippen molar-refractivity contribution < 1.29 is 14.3 Å². The summed E-state index contributed by atoms with van der Waals surface area (Å²) in [4.78, 5) is 13.9. The molecule has 1 aromatic carbocycles. The van der Waals surface area contributed by atoms with Gasteiger partial charge in [0.1, 0.15) is 5.60 Å². The number of carbonyl (C=O) groups excluding carboxylic acids is 1. The monoisotopic (exact) mass is 291 g/mol. The summed E-state index contributed by atoms with van der Waals surface area (Å²) >= 11 is 0. The lowest BCUT2D eigenvalue weighted by Crippen LogP contribution is -2.48. The third kappa shape index (κ3) is 4.21. The Kier molecular flexibility index (Phi) is 4.88. The molecule has 1 heterocycles. The molecule has 2 atom stereocenters. The molecule has 116 valence electrons. The number of hydrogen-bond donors (Lipinski definition) is 0. The summed E-state index contributed by atoms with van der Waals surface area (Å²) in [5.41, 5.74) is 0.809. The Bertz CT molecular complexity index is 467. The molecule has 0 N–H and O–H groups in total. The van der Waals surface area contributed by atoms with Crippen molar-refractivity contribution >= 4 is 6.09 Å². The molecule has 4 heteroatoms. The molecule has 0 aliphatic carbocycles. The Morgan fingerprint density at radius 2 is 1.90 bits per heavy atom. The Hall–Kier alpha value is -1.55. The van der Waals surface area contributed by atoms with Gasteiger partial charge in [-0.25, -0.2) is 4.79 Å². The summed E-state index contributed by atoms with van der Waals surface area (Å²) in [6.45, 7) is 6.93. The summed E-state index contributed by atoms with van der Waals surface area (Å²) in [6.07, 6.45) is 0.645. The number of rotatable bonds is 2. The van der Waals surface area contributed by atoms with Gasteiger partial charge in [0.05, 0.1) is 12.6 Å². The van der Waals surface area contributed by atoms with Gasteiger partial charge in [-0.1, -0.05) is 30.3 Å². The zero-order chi connectivity index (χ0) is 15.5. The summed E-state index contributed by atoms with van der Waals surface area (Å²) in [7, 11) is 1.71. The standard InChI is InChI=1S/C17H25NO3/c1-17(2,3)21-16(19)18-11-10-14(15(12-18)20-4)13-8-6-5-7-9-13/h5-9,14-15H,10-12H2,1-4H3/t14-,15+/m0/s1. The highest BCUT2D eigenvalue weighted by Gasteiger charge is 2.34. The van der Waals surface area contributed by atoms with E-state index in [-0.39, 0.29) is 12.2 Å². The van der Waals surface area contributed by atoms with Gasteiger partial charge in [-0.05, 0) is 32.8 Å². The summed E-state index contributed by atoms with van der Waals surface area (Å²) in [5, 5.41) is 0. The zero-order valence-corrected chi connectivity index (χ0v) is 13.3. The van der Waals surface area contributed by atoms with Crippen LogP contribution in [0.25, 0.3) is 0 Å². The van der Waals surface area contributed by atoms with E-state index in [9.17, 15) is 4.79 Å². The second-order valence-corrected chi connectivity index (χ2v) is 6.51. The van der Waals surface area contributed by atoms with E-state index >= 15 is 0 Å². The number of ether oxygens (including phenoxy) is 2. The predicted octanol–water partition coefficient (Wildman–Crippen LogP) is 3.43. The van der Waals surface area contributed by atoms with E-state index in [0.717, 1.165) is 6.42 Å². The van der Waals surface area contributed by atoms with Gasteiger partial charge in [0, 0.05) is 19.6 Å². The highest BCUT2D eigenvalue weighted by atomic mass is 16.6. The van der Waals surface area contributed by atoms with E-state index in [2.05, 4.69) is 12.1 Å². The number of carbonyl (C=O) groups is 1. The summed E-state index contributed by atoms with van der Waals surface area (Å²) in [5.74, 6) is 0.329. The first kappa shape index (κ1) is 15.8. The lowest BCUT2D eigenvalue weighted by atomic mass is 9.87. The van der Waals surface area contributed by atoms with E-state index in [1.165, 1.54) is 5.56 Å². The minimum absolute atomic E-state index is 0.00803. The lowest BCUT2D eigenvalue weighted by molar-refractivity contribution is -0.0139.